The zero-order chi connectivity index (χ0) is 21.4. The minimum absolute atomic E-state index is 0.231. The second kappa shape index (κ2) is 7.96. The van der Waals surface area contributed by atoms with E-state index < -0.39 is 0 Å². The summed E-state index contributed by atoms with van der Waals surface area (Å²) in [5.41, 5.74) is 4.45. The van der Waals surface area contributed by atoms with Gasteiger partial charge in [0, 0.05) is 23.3 Å². The van der Waals surface area contributed by atoms with Crippen LogP contribution in [0.5, 0.6) is 0 Å². The molecule has 0 spiro atoms. The molecule has 154 valence electrons. The topological polar surface area (TPSA) is 33.1 Å². The van der Waals surface area contributed by atoms with E-state index in [0.29, 0.717) is 10.8 Å². The molecule has 0 amide bonds. The van der Waals surface area contributed by atoms with Crippen molar-refractivity contribution in [3.63, 3.8) is 0 Å². The number of anilines is 1. The molecule has 1 saturated heterocycles. The zero-order valence-electron chi connectivity index (χ0n) is 16.9. The molecule has 2 atom stereocenters. The quantitative estimate of drug-likeness (QED) is 0.435. The number of aromatic nitrogens is 2. The van der Waals surface area contributed by atoms with E-state index in [1.54, 1.807) is 18.3 Å². The Hall–Kier alpha value is -3.51. The van der Waals surface area contributed by atoms with Gasteiger partial charge >= 0.3 is 0 Å². The predicted molar refractivity (Wildman–Crippen MR) is 125 cm³/mol. The number of hydrogen-bond acceptors (Lipinski definition) is 2. The second-order valence-electron chi connectivity index (χ2n) is 7.52. The van der Waals surface area contributed by atoms with Crippen molar-refractivity contribution in [2.75, 3.05) is 4.90 Å². The summed E-state index contributed by atoms with van der Waals surface area (Å²) in [6.07, 6.45) is 1.77. The van der Waals surface area contributed by atoms with Crippen LogP contribution in [0, 0.1) is 12.7 Å². The Bertz CT molecular complexity index is 1220. The highest BCUT2D eigenvalue weighted by Gasteiger charge is 2.43. The Balaban J connectivity index is 1.72. The van der Waals surface area contributed by atoms with E-state index in [4.69, 9.17) is 12.2 Å². The van der Waals surface area contributed by atoms with E-state index in [2.05, 4.69) is 46.1 Å². The molecule has 0 saturated carbocycles. The average Bonchev–Trinajstić information content (AvgIpc) is 3.35. The Morgan fingerprint density at radius 3 is 2.39 bits per heavy atom. The highest BCUT2D eigenvalue weighted by molar-refractivity contribution is 7.80. The summed E-state index contributed by atoms with van der Waals surface area (Å²) in [7, 11) is 0. The SMILES string of the molecule is Cc1ccc([C@H]2[C@H](c3ccccn3)NC(=S)N2c2ccccc2F)n1-c1ccccc1. The predicted octanol–water partition coefficient (Wildman–Crippen LogP) is 5.50. The first-order valence-corrected chi connectivity index (χ1v) is 10.5. The van der Waals surface area contributed by atoms with Gasteiger partial charge in [-0.25, -0.2) is 4.39 Å². The van der Waals surface area contributed by atoms with Gasteiger partial charge in [-0.1, -0.05) is 36.4 Å². The van der Waals surface area contributed by atoms with Crippen LogP contribution in [0.4, 0.5) is 10.1 Å². The van der Waals surface area contributed by atoms with Gasteiger partial charge in [-0.2, -0.15) is 0 Å². The smallest absolute Gasteiger partial charge is 0.174 e. The molecule has 0 bridgehead atoms. The van der Waals surface area contributed by atoms with E-state index in [1.807, 2.05) is 47.4 Å². The number of thiocarbonyl (C=S) groups is 1. The van der Waals surface area contributed by atoms with Crippen molar-refractivity contribution in [1.29, 1.82) is 0 Å². The molecule has 3 heterocycles. The molecule has 2 aromatic heterocycles. The Morgan fingerprint density at radius 1 is 0.903 bits per heavy atom. The Labute approximate surface area is 186 Å². The maximum Gasteiger partial charge on any atom is 0.174 e. The van der Waals surface area contributed by atoms with Crippen molar-refractivity contribution in [2.45, 2.75) is 19.0 Å². The van der Waals surface area contributed by atoms with Crippen LogP contribution in [0.15, 0.2) is 91.1 Å². The number of rotatable bonds is 4. The monoisotopic (exact) mass is 428 g/mol. The normalized spacial score (nSPS) is 18.3. The molecule has 1 N–H and O–H groups in total. The highest BCUT2D eigenvalue weighted by Crippen LogP contribution is 2.43. The summed E-state index contributed by atoms with van der Waals surface area (Å²) in [6.45, 7) is 2.07. The number of nitrogens with one attached hydrogen (secondary N) is 1. The largest absolute Gasteiger partial charge is 0.351 e. The van der Waals surface area contributed by atoms with Crippen LogP contribution in [0.2, 0.25) is 0 Å². The Morgan fingerprint density at radius 2 is 1.65 bits per heavy atom. The molecule has 1 aliphatic heterocycles. The van der Waals surface area contributed by atoms with E-state index in [1.165, 1.54) is 6.07 Å². The van der Waals surface area contributed by atoms with Gasteiger partial charge in [0.15, 0.2) is 5.11 Å². The number of halogens is 1. The minimum atomic E-state index is -0.312. The lowest BCUT2D eigenvalue weighted by molar-refractivity contribution is 0.540. The van der Waals surface area contributed by atoms with E-state index >= 15 is 0 Å². The lowest BCUT2D eigenvalue weighted by Crippen LogP contribution is -2.31. The first-order chi connectivity index (χ1) is 15.1. The molecule has 1 aliphatic rings. The van der Waals surface area contributed by atoms with Crippen LogP contribution in [-0.2, 0) is 0 Å². The van der Waals surface area contributed by atoms with Gasteiger partial charge in [0.2, 0.25) is 0 Å². The number of pyridine rings is 1. The number of benzene rings is 2. The molecule has 0 aliphatic carbocycles. The van der Waals surface area contributed by atoms with Crippen LogP contribution < -0.4 is 10.2 Å². The molecular formula is C25H21FN4S. The molecule has 6 heteroatoms. The fourth-order valence-electron chi connectivity index (χ4n) is 4.28. The van der Waals surface area contributed by atoms with Crippen LogP contribution in [0.25, 0.3) is 5.69 Å². The summed E-state index contributed by atoms with van der Waals surface area (Å²) in [5, 5.41) is 3.87. The highest BCUT2D eigenvalue weighted by atomic mass is 32.1. The van der Waals surface area contributed by atoms with Crippen molar-refractivity contribution < 1.29 is 4.39 Å². The van der Waals surface area contributed by atoms with Gasteiger partial charge in [0.05, 0.1) is 17.4 Å². The zero-order valence-corrected chi connectivity index (χ0v) is 17.8. The molecular weight excluding hydrogens is 407 g/mol. The number of hydrogen-bond donors (Lipinski definition) is 1. The van der Waals surface area contributed by atoms with Crippen LogP contribution in [-0.4, -0.2) is 14.7 Å². The van der Waals surface area contributed by atoms with Crippen LogP contribution in [0.3, 0.4) is 0 Å². The third-order valence-corrected chi connectivity index (χ3v) is 5.95. The molecule has 1 fully saturated rings. The molecule has 4 aromatic rings. The summed E-state index contributed by atoms with van der Waals surface area (Å²) in [6, 6.07) is 26.4. The van der Waals surface area contributed by atoms with Gasteiger partial charge < -0.3 is 14.8 Å². The third kappa shape index (κ3) is 3.39. The van der Waals surface area contributed by atoms with Gasteiger partial charge in [-0.15, -0.1) is 0 Å². The molecule has 31 heavy (non-hydrogen) atoms. The van der Waals surface area contributed by atoms with Crippen molar-refractivity contribution in [3.8, 4) is 5.69 Å². The van der Waals surface area contributed by atoms with E-state index in [0.717, 1.165) is 22.8 Å². The number of aryl methyl sites for hydroxylation is 1. The van der Waals surface area contributed by atoms with Gasteiger partial charge in [0.1, 0.15) is 11.9 Å². The standard InChI is InChI=1S/C25H21FN4S/c1-17-14-15-22(29(17)18-9-3-2-4-10-18)24-23(20-12-7-8-16-27-20)28-25(31)30(24)21-13-6-5-11-19(21)26/h2-16,23-24H,1H3,(H,28,31)/t23-,24-/m0/s1. The van der Waals surface area contributed by atoms with Crippen LogP contribution in [0.1, 0.15) is 29.2 Å². The first kappa shape index (κ1) is 19.5. The molecule has 5 rings (SSSR count). The summed E-state index contributed by atoms with van der Waals surface area (Å²) in [5.74, 6) is -0.312. The third-order valence-electron chi connectivity index (χ3n) is 5.63. The minimum Gasteiger partial charge on any atom is -0.351 e. The Kier molecular flexibility index (Phi) is 5.00. The van der Waals surface area contributed by atoms with Crippen molar-refractivity contribution in [2.24, 2.45) is 0 Å². The molecule has 0 unspecified atom stereocenters. The fourth-order valence-corrected chi connectivity index (χ4v) is 4.62. The summed E-state index contributed by atoms with van der Waals surface area (Å²) < 4.78 is 17.1. The van der Waals surface area contributed by atoms with E-state index in [-0.39, 0.29) is 17.9 Å². The molecule has 2 aromatic carbocycles. The van der Waals surface area contributed by atoms with E-state index in [9.17, 15) is 4.39 Å². The lowest BCUT2D eigenvalue weighted by Gasteiger charge is -2.29. The maximum absolute atomic E-state index is 14.9. The maximum atomic E-state index is 14.9. The summed E-state index contributed by atoms with van der Waals surface area (Å²) in [4.78, 5) is 6.45. The van der Waals surface area contributed by atoms with Gasteiger partial charge in [-0.3, -0.25) is 4.98 Å². The average molecular weight is 429 g/mol. The first-order valence-electron chi connectivity index (χ1n) is 10.1. The fraction of sp³-hybridized carbons (Fsp3) is 0.120. The second-order valence-corrected chi connectivity index (χ2v) is 7.91. The number of nitrogens with zero attached hydrogens (tertiary/aromatic N) is 3. The number of para-hydroxylation sites is 2. The van der Waals surface area contributed by atoms with Crippen molar-refractivity contribution in [1.82, 2.24) is 14.9 Å². The summed E-state index contributed by atoms with van der Waals surface area (Å²) >= 11 is 5.71. The molecule has 0 radical (unpaired) electrons. The van der Waals surface area contributed by atoms with Crippen LogP contribution >= 0.6 is 12.2 Å². The van der Waals surface area contributed by atoms with Crippen molar-refractivity contribution >= 4 is 23.0 Å². The molecule has 4 nitrogen and oxygen atoms in total. The lowest BCUT2D eigenvalue weighted by atomic mass is 10.0. The van der Waals surface area contributed by atoms with Crippen molar-refractivity contribution in [3.05, 3.63) is 114 Å². The van der Waals surface area contributed by atoms with Gasteiger partial charge in [0.25, 0.3) is 0 Å². The van der Waals surface area contributed by atoms with Gasteiger partial charge in [-0.05, 0) is 67.7 Å².